The average molecular weight is 357 g/mol. The first kappa shape index (κ1) is 18.0. The van der Waals surface area contributed by atoms with Gasteiger partial charge in [-0.3, -0.25) is 4.79 Å². The van der Waals surface area contributed by atoms with E-state index in [2.05, 4.69) is 6.07 Å². The van der Waals surface area contributed by atoms with E-state index in [1.807, 2.05) is 53.4 Å². The lowest BCUT2D eigenvalue weighted by atomic mass is 9.86. The summed E-state index contributed by atoms with van der Waals surface area (Å²) >= 11 is 6.05. The Labute approximate surface area is 154 Å². The minimum atomic E-state index is 0.116. The predicted molar refractivity (Wildman–Crippen MR) is 103 cm³/mol. The lowest BCUT2D eigenvalue weighted by molar-refractivity contribution is -0.131. The molecule has 1 aliphatic heterocycles. The van der Waals surface area contributed by atoms with Gasteiger partial charge in [-0.15, -0.1) is 0 Å². The Morgan fingerprint density at radius 2 is 1.76 bits per heavy atom. The Bertz CT molecular complexity index is 696. The molecular formula is C21H25ClN2O. The number of hydrogen-bond donors (Lipinski definition) is 1. The summed E-state index contributed by atoms with van der Waals surface area (Å²) in [5.74, 6) is 0.674. The van der Waals surface area contributed by atoms with Gasteiger partial charge in [0.05, 0.1) is 6.42 Å². The second kappa shape index (κ2) is 8.50. The summed E-state index contributed by atoms with van der Waals surface area (Å²) in [7, 11) is 0. The van der Waals surface area contributed by atoms with Crippen LogP contribution in [0.2, 0.25) is 5.02 Å². The van der Waals surface area contributed by atoms with Gasteiger partial charge in [0.25, 0.3) is 0 Å². The van der Waals surface area contributed by atoms with Crippen LogP contribution in [0.15, 0.2) is 54.6 Å². The van der Waals surface area contributed by atoms with Crippen LogP contribution < -0.4 is 5.73 Å². The second-order valence-corrected chi connectivity index (χ2v) is 7.31. The summed E-state index contributed by atoms with van der Waals surface area (Å²) in [5, 5.41) is 0.756. The molecule has 0 radical (unpaired) electrons. The fourth-order valence-corrected chi connectivity index (χ4v) is 3.77. The Hall–Kier alpha value is -1.84. The number of likely N-dealkylation sites (tertiary alicyclic amines) is 1. The minimum absolute atomic E-state index is 0.116. The standard InChI is InChI=1S/C21H25ClN2O/c22-19-8-4-7-17(13-19)14-20(23)18-9-11-24(12-10-18)21(25)15-16-5-2-1-3-6-16/h1-8,13,18,20H,9-12,14-15,23H2. The van der Waals surface area contributed by atoms with Crippen molar-refractivity contribution >= 4 is 17.5 Å². The van der Waals surface area contributed by atoms with Crippen LogP contribution in [0.4, 0.5) is 0 Å². The highest BCUT2D eigenvalue weighted by Gasteiger charge is 2.26. The number of carbonyl (C=O) groups excluding carboxylic acids is 1. The first-order valence-electron chi connectivity index (χ1n) is 8.93. The minimum Gasteiger partial charge on any atom is -0.342 e. The topological polar surface area (TPSA) is 46.3 Å². The highest BCUT2D eigenvalue weighted by atomic mass is 35.5. The molecule has 0 bridgehead atoms. The van der Waals surface area contributed by atoms with Crippen LogP contribution in [0, 0.1) is 5.92 Å². The Balaban J connectivity index is 1.48. The molecule has 25 heavy (non-hydrogen) atoms. The van der Waals surface area contributed by atoms with Gasteiger partial charge in [0.1, 0.15) is 0 Å². The van der Waals surface area contributed by atoms with E-state index in [9.17, 15) is 4.79 Å². The molecule has 1 atom stereocenters. The van der Waals surface area contributed by atoms with Gasteiger partial charge in [-0.1, -0.05) is 54.1 Å². The number of hydrogen-bond acceptors (Lipinski definition) is 2. The zero-order chi connectivity index (χ0) is 17.6. The van der Waals surface area contributed by atoms with Crippen molar-refractivity contribution in [3.05, 3.63) is 70.7 Å². The molecule has 1 heterocycles. The third-order valence-electron chi connectivity index (χ3n) is 5.06. The number of halogens is 1. The van der Waals surface area contributed by atoms with Crippen molar-refractivity contribution in [2.24, 2.45) is 11.7 Å². The summed E-state index contributed by atoms with van der Waals surface area (Å²) in [6, 6.07) is 18.0. The first-order valence-corrected chi connectivity index (χ1v) is 9.31. The molecule has 0 spiro atoms. The third kappa shape index (κ3) is 5.07. The first-order chi connectivity index (χ1) is 12.1. The van der Waals surface area contributed by atoms with Crippen molar-refractivity contribution in [1.82, 2.24) is 4.90 Å². The quantitative estimate of drug-likeness (QED) is 0.888. The Morgan fingerprint density at radius 1 is 1.08 bits per heavy atom. The van der Waals surface area contributed by atoms with Gasteiger partial charge in [0.15, 0.2) is 0 Å². The molecule has 2 aromatic rings. The van der Waals surface area contributed by atoms with Crippen LogP contribution in [0.25, 0.3) is 0 Å². The predicted octanol–water partition coefficient (Wildman–Crippen LogP) is 3.69. The van der Waals surface area contributed by atoms with Crippen LogP contribution in [-0.4, -0.2) is 29.9 Å². The van der Waals surface area contributed by atoms with Crippen molar-refractivity contribution in [1.29, 1.82) is 0 Å². The van der Waals surface area contributed by atoms with Crippen LogP contribution >= 0.6 is 11.6 Å². The number of rotatable bonds is 5. The number of amides is 1. The molecule has 4 heteroatoms. The van der Waals surface area contributed by atoms with Crippen molar-refractivity contribution in [2.75, 3.05) is 13.1 Å². The summed E-state index contributed by atoms with van der Waals surface area (Å²) in [6.45, 7) is 1.61. The number of carbonyl (C=O) groups is 1. The van der Waals surface area contributed by atoms with Crippen LogP contribution in [-0.2, 0) is 17.6 Å². The van der Waals surface area contributed by atoms with Crippen LogP contribution in [0.3, 0.4) is 0 Å². The lowest BCUT2D eigenvalue weighted by Gasteiger charge is -2.35. The molecule has 3 rings (SSSR count). The van der Waals surface area contributed by atoms with E-state index in [1.54, 1.807) is 0 Å². The summed E-state index contributed by atoms with van der Waals surface area (Å²) in [5.41, 5.74) is 8.69. The number of benzene rings is 2. The van der Waals surface area contributed by atoms with E-state index < -0.39 is 0 Å². The summed E-state index contributed by atoms with van der Waals surface area (Å²) in [6.07, 6.45) is 3.27. The molecule has 2 aromatic carbocycles. The van der Waals surface area contributed by atoms with Gasteiger partial charge in [-0.2, -0.15) is 0 Å². The van der Waals surface area contributed by atoms with Gasteiger partial charge in [0, 0.05) is 24.2 Å². The highest BCUT2D eigenvalue weighted by molar-refractivity contribution is 6.30. The normalized spacial score (nSPS) is 16.6. The molecule has 0 saturated carbocycles. The summed E-state index contributed by atoms with van der Waals surface area (Å²) in [4.78, 5) is 14.4. The molecule has 132 valence electrons. The zero-order valence-electron chi connectivity index (χ0n) is 14.4. The fraction of sp³-hybridized carbons (Fsp3) is 0.381. The lowest BCUT2D eigenvalue weighted by Crippen LogP contribution is -2.44. The van der Waals surface area contributed by atoms with E-state index in [1.165, 1.54) is 5.56 Å². The van der Waals surface area contributed by atoms with Crippen molar-refractivity contribution in [2.45, 2.75) is 31.7 Å². The molecule has 0 aliphatic carbocycles. The monoisotopic (exact) mass is 356 g/mol. The Kier molecular flexibility index (Phi) is 6.11. The highest BCUT2D eigenvalue weighted by Crippen LogP contribution is 2.23. The van der Waals surface area contributed by atoms with Crippen molar-refractivity contribution in [3.8, 4) is 0 Å². The molecule has 1 fully saturated rings. The number of piperidine rings is 1. The van der Waals surface area contributed by atoms with Gasteiger partial charge in [0.2, 0.25) is 5.91 Å². The molecule has 1 amide bonds. The number of nitrogens with zero attached hydrogens (tertiary/aromatic N) is 1. The van der Waals surface area contributed by atoms with E-state index in [0.717, 1.165) is 42.9 Å². The maximum Gasteiger partial charge on any atom is 0.226 e. The summed E-state index contributed by atoms with van der Waals surface area (Å²) < 4.78 is 0. The van der Waals surface area contributed by atoms with Crippen molar-refractivity contribution in [3.63, 3.8) is 0 Å². The molecule has 1 unspecified atom stereocenters. The smallest absolute Gasteiger partial charge is 0.226 e. The molecule has 0 aromatic heterocycles. The molecular weight excluding hydrogens is 332 g/mol. The fourth-order valence-electron chi connectivity index (χ4n) is 3.56. The average Bonchev–Trinajstić information content (AvgIpc) is 2.62. The van der Waals surface area contributed by atoms with Gasteiger partial charge >= 0.3 is 0 Å². The van der Waals surface area contributed by atoms with Gasteiger partial charge in [-0.05, 0) is 48.4 Å². The Morgan fingerprint density at radius 3 is 2.44 bits per heavy atom. The third-order valence-corrected chi connectivity index (χ3v) is 5.29. The number of nitrogens with two attached hydrogens (primary N) is 1. The second-order valence-electron chi connectivity index (χ2n) is 6.88. The largest absolute Gasteiger partial charge is 0.342 e. The maximum atomic E-state index is 12.5. The molecule has 1 aliphatic rings. The molecule has 1 saturated heterocycles. The van der Waals surface area contributed by atoms with E-state index >= 15 is 0 Å². The van der Waals surface area contributed by atoms with Gasteiger partial charge in [-0.25, -0.2) is 0 Å². The SMILES string of the molecule is NC(Cc1cccc(Cl)c1)C1CCN(C(=O)Cc2ccccc2)CC1. The van der Waals surface area contributed by atoms with Crippen LogP contribution in [0.1, 0.15) is 24.0 Å². The van der Waals surface area contributed by atoms with Crippen molar-refractivity contribution < 1.29 is 4.79 Å². The van der Waals surface area contributed by atoms with E-state index in [0.29, 0.717) is 12.3 Å². The zero-order valence-corrected chi connectivity index (χ0v) is 15.2. The van der Waals surface area contributed by atoms with E-state index in [4.69, 9.17) is 17.3 Å². The van der Waals surface area contributed by atoms with Gasteiger partial charge < -0.3 is 10.6 Å². The van der Waals surface area contributed by atoms with Crippen LogP contribution in [0.5, 0.6) is 0 Å². The molecule has 2 N–H and O–H groups in total. The maximum absolute atomic E-state index is 12.5. The van der Waals surface area contributed by atoms with E-state index in [-0.39, 0.29) is 11.9 Å². The molecule has 3 nitrogen and oxygen atoms in total.